The number of sulfonamides is 1. The molecule has 9 nitrogen and oxygen atoms in total. The van der Waals surface area contributed by atoms with Crippen molar-refractivity contribution in [3.63, 3.8) is 0 Å². The molecule has 3 rings (SSSR count). The van der Waals surface area contributed by atoms with Gasteiger partial charge in [-0.15, -0.1) is 0 Å². The van der Waals surface area contributed by atoms with Crippen molar-refractivity contribution in [2.75, 3.05) is 36.6 Å². The topological polar surface area (TPSA) is 145 Å². The van der Waals surface area contributed by atoms with Crippen molar-refractivity contribution in [1.29, 1.82) is 0 Å². The van der Waals surface area contributed by atoms with Gasteiger partial charge in [-0.1, -0.05) is 18.2 Å². The molecule has 0 radical (unpaired) electrons. The summed E-state index contributed by atoms with van der Waals surface area (Å²) in [6.07, 6.45) is 0. The smallest absolute Gasteiger partial charge is 0.241 e. The predicted octanol–water partition coefficient (Wildman–Crippen LogP) is 2.52. The molecule has 31 heavy (non-hydrogen) atoms. The minimum Gasteiger partial charge on any atom is -0.495 e. The highest BCUT2D eigenvalue weighted by atomic mass is 32.2. The summed E-state index contributed by atoms with van der Waals surface area (Å²) < 4.78 is 28.5. The summed E-state index contributed by atoms with van der Waals surface area (Å²) in [6, 6.07) is 12.6. The van der Waals surface area contributed by atoms with Gasteiger partial charge in [0.25, 0.3) is 0 Å². The number of benzene rings is 2. The third-order valence-electron chi connectivity index (χ3n) is 4.85. The largest absolute Gasteiger partial charge is 0.495 e. The van der Waals surface area contributed by atoms with Crippen LogP contribution < -0.4 is 26.2 Å². The molecule has 6 N–H and O–H groups in total. The maximum Gasteiger partial charge on any atom is 0.241 e. The Morgan fingerprint density at radius 3 is 2.48 bits per heavy atom. The molecule has 0 saturated carbocycles. The lowest BCUT2D eigenvalue weighted by Gasteiger charge is -2.13. The van der Waals surface area contributed by atoms with E-state index in [1.807, 2.05) is 25.1 Å². The monoisotopic (exact) mass is 442 g/mol. The Morgan fingerprint density at radius 2 is 1.77 bits per heavy atom. The number of nitrogen functional groups attached to an aromatic ring is 1. The van der Waals surface area contributed by atoms with Crippen LogP contribution in [-0.4, -0.2) is 38.6 Å². The van der Waals surface area contributed by atoms with Gasteiger partial charge in [-0.25, -0.2) is 18.5 Å². The van der Waals surface area contributed by atoms with Crippen molar-refractivity contribution in [3.05, 3.63) is 53.6 Å². The summed E-state index contributed by atoms with van der Waals surface area (Å²) in [5, 5.41) is 11.6. The second-order valence-electron chi connectivity index (χ2n) is 7.01. The van der Waals surface area contributed by atoms with Crippen LogP contribution in [-0.2, 0) is 10.0 Å². The van der Waals surface area contributed by atoms with Gasteiger partial charge in [0.2, 0.25) is 16.0 Å². The van der Waals surface area contributed by atoms with Crippen molar-refractivity contribution in [2.24, 2.45) is 5.14 Å². The highest BCUT2D eigenvalue weighted by Gasteiger charge is 2.15. The summed E-state index contributed by atoms with van der Waals surface area (Å²) in [6.45, 7) is 5.11. The molecule has 0 bridgehead atoms. The number of rotatable bonds is 8. The van der Waals surface area contributed by atoms with E-state index in [9.17, 15) is 8.42 Å². The van der Waals surface area contributed by atoms with E-state index in [1.54, 1.807) is 12.1 Å². The Labute approximate surface area is 181 Å². The maximum absolute atomic E-state index is 11.7. The molecule has 0 fully saturated rings. The van der Waals surface area contributed by atoms with Crippen molar-refractivity contribution >= 4 is 27.5 Å². The molecule has 0 aliphatic carbocycles. The Balaban J connectivity index is 1.68. The van der Waals surface area contributed by atoms with Gasteiger partial charge in [0.05, 0.1) is 12.8 Å². The standard InChI is InChI=1S/C21H26N6O3S/c1-13-5-4-6-16(14(13)2)17-12-20(27-21(22)26-17)25-10-9-24-15-7-8-18(30-3)19(11-15)31(23,28)29/h4-8,11-12,24H,9-10H2,1-3H3,(H2,23,28,29)(H3,22,25,26,27). The molecule has 0 atom stereocenters. The number of hydrogen-bond donors (Lipinski definition) is 4. The van der Waals surface area contributed by atoms with E-state index in [2.05, 4.69) is 33.6 Å². The molecule has 0 spiro atoms. The van der Waals surface area contributed by atoms with E-state index in [0.29, 0.717) is 24.6 Å². The maximum atomic E-state index is 11.7. The molecule has 1 aromatic heterocycles. The van der Waals surface area contributed by atoms with Gasteiger partial charge < -0.3 is 21.1 Å². The van der Waals surface area contributed by atoms with Crippen LogP contribution in [0.25, 0.3) is 11.3 Å². The van der Waals surface area contributed by atoms with Crippen LogP contribution in [0, 0.1) is 13.8 Å². The molecule has 10 heteroatoms. The normalized spacial score (nSPS) is 11.2. The third-order valence-corrected chi connectivity index (χ3v) is 5.79. The minimum absolute atomic E-state index is 0.0744. The molecule has 164 valence electrons. The number of nitrogens with zero attached hydrogens (tertiary/aromatic N) is 2. The van der Waals surface area contributed by atoms with Gasteiger partial charge in [-0.2, -0.15) is 4.98 Å². The van der Waals surface area contributed by atoms with Crippen molar-refractivity contribution in [1.82, 2.24) is 9.97 Å². The lowest BCUT2D eigenvalue weighted by atomic mass is 10.0. The van der Waals surface area contributed by atoms with Crippen molar-refractivity contribution in [3.8, 4) is 17.0 Å². The molecular formula is C21H26N6O3S. The Bertz CT molecular complexity index is 1200. The van der Waals surface area contributed by atoms with Crippen LogP contribution in [0.15, 0.2) is 47.4 Å². The van der Waals surface area contributed by atoms with Gasteiger partial charge in [0.1, 0.15) is 16.5 Å². The quantitative estimate of drug-likeness (QED) is 0.389. The van der Waals surface area contributed by atoms with E-state index >= 15 is 0 Å². The number of nitrogens with one attached hydrogen (secondary N) is 2. The Kier molecular flexibility index (Phi) is 6.62. The second kappa shape index (κ2) is 9.19. The zero-order valence-electron chi connectivity index (χ0n) is 17.6. The number of anilines is 3. The number of methoxy groups -OCH3 is 1. The molecule has 3 aromatic rings. The summed E-state index contributed by atoms with van der Waals surface area (Å²) in [4.78, 5) is 8.53. The number of aryl methyl sites for hydroxylation is 1. The van der Waals surface area contributed by atoms with Crippen LogP contribution >= 0.6 is 0 Å². The number of hydrogen-bond acceptors (Lipinski definition) is 8. The first-order valence-corrected chi connectivity index (χ1v) is 11.1. The summed E-state index contributed by atoms with van der Waals surface area (Å²) in [7, 11) is -2.51. The minimum atomic E-state index is -3.90. The third kappa shape index (κ3) is 5.41. The number of ether oxygens (including phenoxy) is 1. The van der Waals surface area contributed by atoms with E-state index in [-0.39, 0.29) is 16.6 Å². The van der Waals surface area contributed by atoms with Crippen LogP contribution in [0.1, 0.15) is 11.1 Å². The first kappa shape index (κ1) is 22.3. The molecular weight excluding hydrogens is 416 g/mol. The summed E-state index contributed by atoms with van der Waals surface area (Å²) in [5.74, 6) is 0.980. The number of aromatic nitrogens is 2. The summed E-state index contributed by atoms with van der Waals surface area (Å²) >= 11 is 0. The van der Waals surface area contributed by atoms with Crippen molar-refractivity contribution < 1.29 is 13.2 Å². The number of nitrogens with two attached hydrogens (primary N) is 2. The zero-order chi connectivity index (χ0) is 22.6. The SMILES string of the molecule is COc1ccc(NCCNc2cc(-c3cccc(C)c3C)nc(N)n2)cc1S(N)(=O)=O. The van der Waals surface area contributed by atoms with Gasteiger partial charge in [-0.05, 0) is 43.2 Å². The van der Waals surface area contributed by atoms with Crippen molar-refractivity contribution in [2.45, 2.75) is 18.7 Å². The lowest BCUT2D eigenvalue weighted by Crippen LogP contribution is -2.16. The van der Waals surface area contributed by atoms with Gasteiger partial charge in [0.15, 0.2) is 0 Å². The molecule has 0 unspecified atom stereocenters. The van der Waals surface area contributed by atoms with Crippen LogP contribution in [0.3, 0.4) is 0 Å². The fraction of sp³-hybridized carbons (Fsp3) is 0.238. The van der Waals surface area contributed by atoms with Crippen LogP contribution in [0.5, 0.6) is 5.75 Å². The fourth-order valence-corrected chi connectivity index (χ4v) is 3.85. The predicted molar refractivity (Wildman–Crippen MR) is 123 cm³/mol. The molecule has 2 aromatic carbocycles. The highest BCUT2D eigenvalue weighted by molar-refractivity contribution is 7.89. The average molecular weight is 443 g/mol. The van der Waals surface area contributed by atoms with Crippen LogP contribution in [0.2, 0.25) is 0 Å². The summed E-state index contributed by atoms with van der Waals surface area (Å²) in [5.41, 5.74) is 10.6. The zero-order valence-corrected chi connectivity index (χ0v) is 18.5. The molecule has 0 aliphatic heterocycles. The molecule has 1 heterocycles. The Hall–Kier alpha value is -3.37. The van der Waals surface area contributed by atoms with E-state index in [4.69, 9.17) is 15.6 Å². The lowest BCUT2D eigenvalue weighted by molar-refractivity contribution is 0.403. The van der Waals surface area contributed by atoms with Gasteiger partial charge >= 0.3 is 0 Å². The first-order chi connectivity index (χ1) is 14.7. The Morgan fingerprint density at radius 1 is 1.03 bits per heavy atom. The van der Waals surface area contributed by atoms with Crippen LogP contribution in [0.4, 0.5) is 17.5 Å². The number of primary sulfonamides is 1. The first-order valence-electron chi connectivity index (χ1n) is 9.59. The van der Waals surface area contributed by atoms with E-state index in [0.717, 1.165) is 16.8 Å². The molecule has 0 saturated heterocycles. The van der Waals surface area contributed by atoms with E-state index < -0.39 is 10.0 Å². The molecule has 0 amide bonds. The average Bonchev–Trinajstić information content (AvgIpc) is 2.72. The fourth-order valence-electron chi connectivity index (χ4n) is 3.13. The molecule has 0 aliphatic rings. The second-order valence-corrected chi connectivity index (χ2v) is 8.54. The highest BCUT2D eigenvalue weighted by Crippen LogP contribution is 2.27. The van der Waals surface area contributed by atoms with Gasteiger partial charge in [0, 0.05) is 30.4 Å². The van der Waals surface area contributed by atoms with Gasteiger partial charge in [-0.3, -0.25) is 0 Å². The van der Waals surface area contributed by atoms with E-state index in [1.165, 1.54) is 18.7 Å².